The van der Waals surface area contributed by atoms with Crippen LogP contribution < -0.4 is 10.5 Å². The molecule has 13 heteroatoms. The van der Waals surface area contributed by atoms with E-state index in [-0.39, 0.29) is 23.7 Å². The lowest BCUT2D eigenvalue weighted by Gasteiger charge is -2.45. The van der Waals surface area contributed by atoms with E-state index in [0.29, 0.717) is 33.0 Å². The van der Waals surface area contributed by atoms with Crippen molar-refractivity contribution < 1.29 is 28.2 Å². The van der Waals surface area contributed by atoms with Crippen LogP contribution in [0.25, 0.3) is 11.1 Å². The van der Waals surface area contributed by atoms with Crippen LogP contribution in [0.1, 0.15) is 39.1 Å². The molecule has 0 fully saturated rings. The van der Waals surface area contributed by atoms with Crippen molar-refractivity contribution in [3.05, 3.63) is 87.2 Å². The van der Waals surface area contributed by atoms with Gasteiger partial charge in [0, 0.05) is 33.9 Å². The van der Waals surface area contributed by atoms with Crippen LogP contribution in [-0.4, -0.2) is 65.8 Å². The highest BCUT2D eigenvalue weighted by Gasteiger charge is 2.47. The third-order valence-corrected chi connectivity index (χ3v) is 7.84. The highest BCUT2D eigenvalue weighted by Crippen LogP contribution is 2.47. The Morgan fingerprint density at radius 1 is 1.13 bits per heavy atom. The lowest BCUT2D eigenvalue weighted by atomic mass is 9.77. The third kappa shape index (κ3) is 5.93. The topological polar surface area (TPSA) is 163 Å². The standard InChI is InChI=1S/C26H26Cl2N4O6S/c1-39(37,38)31-11-16(12-33)32-24(19-7-5-15(27)10-21(19)28)23(25(29)35)20-9-14(4-6-18(20)26(32)36)17-3-2-8-30-22(17)13-34/h2-10,16,23-24,31,33-34H,11-13H2,1H3,(H2,29,35)/t16-,23?,24?/m1/s1. The molecular weight excluding hydrogens is 567 g/mol. The summed E-state index contributed by atoms with van der Waals surface area (Å²) in [5.74, 6) is -2.48. The molecule has 1 aliphatic rings. The molecule has 2 unspecified atom stereocenters. The number of aromatic nitrogens is 1. The van der Waals surface area contributed by atoms with E-state index < -0.39 is 46.4 Å². The summed E-state index contributed by atoms with van der Waals surface area (Å²) in [5, 5.41) is 20.5. The Labute approximate surface area is 235 Å². The van der Waals surface area contributed by atoms with Crippen LogP contribution in [0.3, 0.4) is 0 Å². The van der Waals surface area contributed by atoms with Gasteiger partial charge in [-0.25, -0.2) is 13.1 Å². The molecule has 0 saturated carbocycles. The molecule has 1 aromatic heterocycles. The van der Waals surface area contributed by atoms with Crippen molar-refractivity contribution >= 4 is 45.0 Å². The highest BCUT2D eigenvalue weighted by molar-refractivity contribution is 7.88. The van der Waals surface area contributed by atoms with E-state index in [4.69, 9.17) is 28.9 Å². The summed E-state index contributed by atoms with van der Waals surface area (Å²) in [5.41, 5.74) is 8.36. The van der Waals surface area contributed by atoms with Crippen LogP contribution in [0, 0.1) is 0 Å². The zero-order valence-electron chi connectivity index (χ0n) is 20.7. The molecule has 5 N–H and O–H groups in total. The Hall–Kier alpha value is -3.06. The van der Waals surface area contributed by atoms with Crippen molar-refractivity contribution in [2.45, 2.75) is 24.6 Å². The van der Waals surface area contributed by atoms with Crippen LogP contribution >= 0.6 is 23.2 Å². The quantitative estimate of drug-likeness (QED) is 0.296. The number of pyridine rings is 1. The molecule has 0 spiro atoms. The molecule has 10 nitrogen and oxygen atoms in total. The van der Waals surface area contributed by atoms with E-state index in [9.17, 15) is 28.2 Å². The van der Waals surface area contributed by atoms with Gasteiger partial charge in [-0.2, -0.15) is 0 Å². The lowest BCUT2D eigenvalue weighted by Crippen LogP contribution is -2.55. The Balaban J connectivity index is 1.96. The molecular formula is C26H26Cl2N4O6S. The zero-order chi connectivity index (χ0) is 28.5. The minimum Gasteiger partial charge on any atom is -0.394 e. The van der Waals surface area contributed by atoms with Crippen LogP contribution in [0.2, 0.25) is 10.0 Å². The second-order valence-corrected chi connectivity index (χ2v) is 11.8. The maximum absolute atomic E-state index is 14.0. The van der Waals surface area contributed by atoms with Gasteiger partial charge >= 0.3 is 0 Å². The number of hydrogen-bond donors (Lipinski definition) is 4. The number of hydrogen-bond acceptors (Lipinski definition) is 7. The average molecular weight is 593 g/mol. The number of rotatable bonds is 9. The summed E-state index contributed by atoms with van der Waals surface area (Å²) in [7, 11) is -3.68. The first-order chi connectivity index (χ1) is 18.5. The fraction of sp³-hybridized carbons (Fsp3) is 0.269. The van der Waals surface area contributed by atoms with Crippen molar-refractivity contribution in [3.63, 3.8) is 0 Å². The summed E-state index contributed by atoms with van der Waals surface area (Å²) in [6.07, 6.45) is 2.49. The van der Waals surface area contributed by atoms with Gasteiger partial charge in [0.1, 0.15) is 0 Å². The van der Waals surface area contributed by atoms with Crippen molar-refractivity contribution in [3.8, 4) is 11.1 Å². The number of primary amides is 1. The fourth-order valence-corrected chi connectivity index (χ4v) is 5.89. The summed E-state index contributed by atoms with van der Waals surface area (Å²) in [6, 6.07) is 10.7. The molecule has 2 aromatic carbocycles. The molecule has 0 aliphatic carbocycles. The third-order valence-electron chi connectivity index (χ3n) is 6.59. The van der Waals surface area contributed by atoms with E-state index >= 15 is 0 Å². The number of nitrogens with one attached hydrogen (secondary N) is 1. The summed E-state index contributed by atoms with van der Waals surface area (Å²) in [6.45, 7) is -1.27. The number of carbonyl (C=O) groups is 2. The molecule has 2 heterocycles. The Morgan fingerprint density at radius 3 is 2.49 bits per heavy atom. The molecule has 4 rings (SSSR count). The number of carbonyl (C=O) groups excluding carboxylic acids is 2. The molecule has 0 saturated heterocycles. The second kappa shape index (κ2) is 11.6. The van der Waals surface area contributed by atoms with E-state index in [0.717, 1.165) is 6.26 Å². The Bertz CT molecular complexity index is 1530. The van der Waals surface area contributed by atoms with Crippen LogP contribution in [0.4, 0.5) is 0 Å². The van der Waals surface area contributed by atoms with E-state index in [1.807, 2.05) is 0 Å². The Morgan fingerprint density at radius 2 is 1.87 bits per heavy atom. The number of fused-ring (bicyclic) bond motifs is 1. The largest absolute Gasteiger partial charge is 0.394 e. The van der Waals surface area contributed by atoms with Gasteiger partial charge in [-0.1, -0.05) is 41.4 Å². The fourth-order valence-electron chi connectivity index (χ4n) is 4.88. The maximum Gasteiger partial charge on any atom is 0.255 e. The number of nitrogens with two attached hydrogens (primary N) is 1. The van der Waals surface area contributed by atoms with Gasteiger partial charge in [0.15, 0.2) is 0 Å². The summed E-state index contributed by atoms with van der Waals surface area (Å²) >= 11 is 12.7. The predicted octanol–water partition coefficient (Wildman–Crippen LogP) is 2.22. The molecule has 3 atom stereocenters. The normalized spacial score (nSPS) is 18.1. The number of aliphatic hydroxyl groups excluding tert-OH is 2. The number of amides is 2. The first-order valence-electron chi connectivity index (χ1n) is 11.8. The van der Waals surface area contributed by atoms with Crippen molar-refractivity contribution in [1.82, 2.24) is 14.6 Å². The van der Waals surface area contributed by atoms with Crippen molar-refractivity contribution in [1.29, 1.82) is 0 Å². The Kier molecular flexibility index (Phi) is 8.60. The highest BCUT2D eigenvalue weighted by atomic mass is 35.5. The van der Waals surface area contributed by atoms with Gasteiger partial charge in [0.05, 0.1) is 43.2 Å². The molecule has 206 valence electrons. The van der Waals surface area contributed by atoms with Crippen LogP contribution in [-0.2, 0) is 21.4 Å². The van der Waals surface area contributed by atoms with E-state index in [1.165, 1.54) is 17.0 Å². The maximum atomic E-state index is 14.0. The monoisotopic (exact) mass is 592 g/mol. The number of aliphatic hydroxyl groups is 2. The van der Waals surface area contributed by atoms with Gasteiger partial charge in [-0.3, -0.25) is 14.6 Å². The number of nitrogens with zero attached hydrogens (tertiary/aromatic N) is 2. The first-order valence-corrected chi connectivity index (χ1v) is 14.4. The van der Waals surface area contributed by atoms with E-state index in [1.54, 1.807) is 42.6 Å². The number of sulfonamides is 1. The second-order valence-electron chi connectivity index (χ2n) is 9.12. The van der Waals surface area contributed by atoms with Gasteiger partial charge in [-0.05, 0) is 47.0 Å². The molecule has 0 bridgehead atoms. The summed E-state index contributed by atoms with van der Waals surface area (Å²) < 4.78 is 26.0. The molecule has 2 amide bonds. The molecule has 39 heavy (non-hydrogen) atoms. The minimum atomic E-state index is -3.68. The van der Waals surface area contributed by atoms with Gasteiger partial charge in [0.2, 0.25) is 15.9 Å². The SMILES string of the molecule is CS(=O)(=O)NC[C@H](CO)N1C(=O)c2ccc(-c3cccnc3CO)cc2C(C(N)=O)C1c1ccc(Cl)cc1Cl. The molecule has 0 radical (unpaired) electrons. The summed E-state index contributed by atoms with van der Waals surface area (Å²) in [4.78, 5) is 32.6. The van der Waals surface area contributed by atoms with Crippen LogP contribution in [0.15, 0.2) is 54.7 Å². The number of halogens is 2. The van der Waals surface area contributed by atoms with Gasteiger partial charge in [-0.15, -0.1) is 0 Å². The smallest absolute Gasteiger partial charge is 0.255 e. The molecule has 3 aromatic rings. The lowest BCUT2D eigenvalue weighted by molar-refractivity contribution is -0.121. The first kappa shape index (κ1) is 28.9. The van der Waals surface area contributed by atoms with E-state index in [2.05, 4.69) is 9.71 Å². The van der Waals surface area contributed by atoms with Gasteiger partial charge < -0.3 is 20.8 Å². The van der Waals surface area contributed by atoms with Crippen molar-refractivity contribution in [2.24, 2.45) is 5.73 Å². The molecule has 1 aliphatic heterocycles. The van der Waals surface area contributed by atoms with Gasteiger partial charge in [0.25, 0.3) is 5.91 Å². The van der Waals surface area contributed by atoms with Crippen LogP contribution in [0.5, 0.6) is 0 Å². The number of benzene rings is 2. The average Bonchev–Trinajstić information content (AvgIpc) is 2.88. The zero-order valence-corrected chi connectivity index (χ0v) is 23.0. The minimum absolute atomic E-state index is 0.149. The predicted molar refractivity (Wildman–Crippen MR) is 147 cm³/mol. The van der Waals surface area contributed by atoms with Crippen molar-refractivity contribution in [2.75, 3.05) is 19.4 Å².